The molecule has 282 valence electrons. The second kappa shape index (κ2) is 15.9. The predicted octanol–water partition coefficient (Wildman–Crippen LogP) is 7.20. The molecule has 0 radical (unpaired) electrons. The summed E-state index contributed by atoms with van der Waals surface area (Å²) >= 11 is 0. The number of carbonyl (C=O) groups excluding carboxylic acids is 3. The minimum absolute atomic E-state index is 0.0571. The number of ketones is 1. The Morgan fingerprint density at radius 1 is 0.804 bits per heavy atom. The Hall–Kier alpha value is -4.30. The number of halogens is 3. The van der Waals surface area contributed by atoms with E-state index in [-0.39, 0.29) is 36.1 Å². The van der Waals surface area contributed by atoms with Gasteiger partial charge in [0.2, 0.25) is 5.82 Å². The summed E-state index contributed by atoms with van der Waals surface area (Å²) in [4.78, 5) is 62.7. The highest BCUT2D eigenvalue weighted by Gasteiger charge is 2.45. The van der Waals surface area contributed by atoms with E-state index in [1.54, 1.807) is 58.6 Å². The molecule has 2 amide bonds. The van der Waals surface area contributed by atoms with Crippen LogP contribution in [0.4, 0.5) is 22.8 Å². The standard InChI is InChI=1S/C24H29F3N4O3.C12H21NO4/c1-14-10-19(31(15(14)2)22(33)34-23(3,4)5)20(32)7-6-16-8-9-28-18(11-16)17-12-29-21(30-13-17)24(25,26)27;1-7-6-9(10(14)15)13(8(7)2)11(16)17-12(3,4)5/h8-9,11-15,19H,6-7,10H2,1-5H3;7-9H,6H2,1-5H3,(H,14,15)/t14-,15-,19-;7-,8-,9-/m00/s1. The number of amides is 2. The maximum atomic E-state index is 13.1. The number of aryl methyl sites for hydroxylation is 1. The lowest BCUT2D eigenvalue weighted by atomic mass is 9.98. The van der Waals surface area contributed by atoms with Crippen LogP contribution >= 0.6 is 0 Å². The van der Waals surface area contributed by atoms with Crippen LogP contribution in [0.5, 0.6) is 0 Å². The van der Waals surface area contributed by atoms with Gasteiger partial charge in [-0.3, -0.25) is 19.6 Å². The molecule has 1 N–H and O–H groups in total. The van der Waals surface area contributed by atoms with Crippen LogP contribution < -0.4 is 0 Å². The van der Waals surface area contributed by atoms with E-state index in [2.05, 4.69) is 15.0 Å². The first-order chi connectivity index (χ1) is 23.4. The number of nitrogens with zero attached hydrogens (tertiary/aromatic N) is 5. The third kappa shape index (κ3) is 11.1. The first kappa shape index (κ1) is 41.1. The predicted molar refractivity (Wildman–Crippen MR) is 181 cm³/mol. The quantitative estimate of drug-likeness (QED) is 0.324. The summed E-state index contributed by atoms with van der Waals surface area (Å²) in [6, 6.07) is 1.90. The molecule has 0 aliphatic carbocycles. The number of likely N-dealkylation sites (tertiary alicyclic amines) is 2. The number of hydrogen-bond acceptors (Lipinski definition) is 9. The van der Waals surface area contributed by atoms with Crippen molar-refractivity contribution >= 4 is 23.9 Å². The van der Waals surface area contributed by atoms with Crippen molar-refractivity contribution in [2.24, 2.45) is 11.8 Å². The van der Waals surface area contributed by atoms with Gasteiger partial charge in [-0.1, -0.05) is 13.8 Å². The van der Waals surface area contributed by atoms with Gasteiger partial charge in [0.05, 0.1) is 11.7 Å². The van der Waals surface area contributed by atoms with Crippen molar-refractivity contribution in [2.45, 2.75) is 136 Å². The summed E-state index contributed by atoms with van der Waals surface area (Å²) in [7, 11) is 0. The Balaban J connectivity index is 0.000000347. The molecular formula is C36H50F3N5O7. The number of pyridine rings is 1. The van der Waals surface area contributed by atoms with E-state index in [0.717, 1.165) is 18.0 Å². The second-order valence-electron chi connectivity index (χ2n) is 15.4. The van der Waals surface area contributed by atoms with Crippen LogP contribution in [0.3, 0.4) is 0 Å². The minimum Gasteiger partial charge on any atom is -0.480 e. The number of carbonyl (C=O) groups is 4. The van der Waals surface area contributed by atoms with E-state index in [9.17, 15) is 32.3 Å². The molecule has 2 saturated heterocycles. The van der Waals surface area contributed by atoms with Gasteiger partial charge in [0.25, 0.3) is 0 Å². The van der Waals surface area contributed by atoms with Crippen LogP contribution in [0.25, 0.3) is 11.3 Å². The summed E-state index contributed by atoms with van der Waals surface area (Å²) in [6.45, 7) is 18.4. The Labute approximate surface area is 297 Å². The lowest BCUT2D eigenvalue weighted by Gasteiger charge is -2.31. The average Bonchev–Trinajstić information content (AvgIpc) is 3.48. The van der Waals surface area contributed by atoms with Crippen molar-refractivity contribution in [3.63, 3.8) is 0 Å². The number of carboxylic acids is 1. The SMILES string of the molecule is C[C@H]1C[C@@H](C(=O)CCc2ccnc(-c3cnc(C(F)(F)F)nc3)c2)N(C(=O)OC(C)(C)C)[C@H]1C.C[C@H]1C[C@@H](C(=O)O)N(C(=O)OC(C)(C)C)[C@H]1C. The van der Waals surface area contributed by atoms with Gasteiger partial charge in [0.1, 0.15) is 17.2 Å². The van der Waals surface area contributed by atoms with Gasteiger partial charge in [-0.2, -0.15) is 13.2 Å². The van der Waals surface area contributed by atoms with E-state index in [1.807, 2.05) is 27.7 Å². The van der Waals surface area contributed by atoms with Gasteiger partial charge < -0.3 is 14.6 Å². The van der Waals surface area contributed by atoms with E-state index in [4.69, 9.17) is 14.6 Å². The summed E-state index contributed by atoms with van der Waals surface area (Å²) in [6.07, 6.45) is -0.304. The monoisotopic (exact) mass is 721 g/mol. The van der Waals surface area contributed by atoms with Crippen molar-refractivity contribution in [1.82, 2.24) is 24.8 Å². The Morgan fingerprint density at radius 2 is 1.27 bits per heavy atom. The highest BCUT2D eigenvalue weighted by Crippen LogP contribution is 2.33. The Bertz CT molecular complexity index is 1560. The Morgan fingerprint density at radius 3 is 1.73 bits per heavy atom. The number of hydrogen-bond donors (Lipinski definition) is 1. The van der Waals surface area contributed by atoms with Gasteiger partial charge >= 0.3 is 24.3 Å². The molecule has 6 atom stereocenters. The van der Waals surface area contributed by atoms with Gasteiger partial charge in [0, 0.05) is 42.7 Å². The van der Waals surface area contributed by atoms with Crippen molar-refractivity contribution in [3.8, 4) is 11.3 Å². The largest absolute Gasteiger partial charge is 0.480 e. The van der Waals surface area contributed by atoms with Crippen molar-refractivity contribution in [2.75, 3.05) is 0 Å². The molecule has 0 unspecified atom stereocenters. The molecule has 12 nitrogen and oxygen atoms in total. The van der Waals surface area contributed by atoms with Crippen LogP contribution in [-0.4, -0.2) is 89.2 Å². The van der Waals surface area contributed by atoms with E-state index < -0.39 is 53.4 Å². The topological polar surface area (TPSA) is 152 Å². The molecular weight excluding hydrogens is 671 g/mol. The molecule has 4 rings (SSSR count). The molecule has 2 fully saturated rings. The summed E-state index contributed by atoms with van der Waals surface area (Å²) in [5, 5.41) is 9.12. The van der Waals surface area contributed by atoms with Crippen molar-refractivity contribution < 1.29 is 46.9 Å². The zero-order valence-corrected chi connectivity index (χ0v) is 30.9. The first-order valence-corrected chi connectivity index (χ1v) is 17.0. The molecule has 4 heterocycles. The number of aromatic nitrogens is 3. The fourth-order valence-electron chi connectivity index (χ4n) is 5.99. The second-order valence-corrected chi connectivity index (χ2v) is 15.4. The smallest absolute Gasteiger partial charge is 0.451 e. The molecule has 2 aliphatic heterocycles. The number of Topliss-reactive ketones (excluding diaryl/α,β-unsaturated/α-hetero) is 1. The lowest BCUT2D eigenvalue weighted by molar-refractivity contribution is -0.145. The Kier molecular flexibility index (Phi) is 12.8. The normalized spacial score (nSPS) is 23.7. The average molecular weight is 722 g/mol. The maximum Gasteiger partial charge on any atom is 0.451 e. The molecule has 2 aromatic heterocycles. The van der Waals surface area contributed by atoms with Gasteiger partial charge in [0.15, 0.2) is 5.78 Å². The fraction of sp³-hybridized carbons (Fsp3) is 0.639. The van der Waals surface area contributed by atoms with E-state index in [1.165, 1.54) is 11.1 Å². The molecule has 0 saturated carbocycles. The number of carboxylic acid groups (broad SMARTS) is 1. The molecule has 15 heteroatoms. The zero-order chi connectivity index (χ0) is 38.6. The number of alkyl halides is 3. The summed E-state index contributed by atoms with van der Waals surface area (Å²) in [5.74, 6) is -1.91. The third-order valence-corrected chi connectivity index (χ3v) is 8.94. The minimum atomic E-state index is -4.61. The van der Waals surface area contributed by atoms with Crippen LogP contribution in [0.1, 0.15) is 99.9 Å². The van der Waals surface area contributed by atoms with Gasteiger partial charge in [-0.25, -0.2) is 24.4 Å². The third-order valence-electron chi connectivity index (χ3n) is 8.94. The number of aliphatic carboxylic acids is 1. The highest BCUT2D eigenvalue weighted by molar-refractivity contribution is 5.88. The van der Waals surface area contributed by atoms with Crippen LogP contribution in [0.15, 0.2) is 30.7 Å². The highest BCUT2D eigenvalue weighted by atomic mass is 19.4. The maximum absolute atomic E-state index is 13.1. The van der Waals surface area contributed by atoms with Crippen LogP contribution in [0, 0.1) is 11.8 Å². The molecule has 51 heavy (non-hydrogen) atoms. The lowest BCUT2D eigenvalue weighted by Crippen LogP contribution is -2.46. The van der Waals surface area contributed by atoms with E-state index in [0.29, 0.717) is 30.5 Å². The molecule has 0 bridgehead atoms. The van der Waals surface area contributed by atoms with E-state index >= 15 is 0 Å². The number of rotatable bonds is 6. The summed E-state index contributed by atoms with van der Waals surface area (Å²) < 4.78 is 48.8. The van der Waals surface area contributed by atoms with Crippen LogP contribution in [0.2, 0.25) is 0 Å². The molecule has 2 aromatic rings. The zero-order valence-electron chi connectivity index (χ0n) is 30.9. The molecule has 0 spiro atoms. The molecule has 0 aromatic carbocycles. The molecule has 2 aliphatic rings. The summed E-state index contributed by atoms with van der Waals surface area (Å²) in [5.41, 5.74) is 0.284. The van der Waals surface area contributed by atoms with Crippen molar-refractivity contribution in [1.29, 1.82) is 0 Å². The first-order valence-electron chi connectivity index (χ1n) is 17.0. The fourth-order valence-corrected chi connectivity index (χ4v) is 5.99. The van der Waals surface area contributed by atoms with Gasteiger partial charge in [-0.15, -0.1) is 0 Å². The van der Waals surface area contributed by atoms with Crippen LogP contribution in [-0.2, 0) is 31.7 Å². The van der Waals surface area contributed by atoms with Gasteiger partial charge in [-0.05, 0) is 104 Å². The van der Waals surface area contributed by atoms with Crippen molar-refractivity contribution in [3.05, 3.63) is 42.1 Å². The number of ether oxygens (including phenoxy) is 2.